The van der Waals surface area contributed by atoms with Gasteiger partial charge in [0.25, 0.3) is 5.91 Å². The Hall–Kier alpha value is -2.81. The largest absolute Gasteiger partial charge is 0.395 e. The minimum absolute atomic E-state index is 0.0936. The highest BCUT2D eigenvalue weighted by Gasteiger charge is 2.11. The van der Waals surface area contributed by atoms with Crippen LogP contribution in [-0.2, 0) is 11.3 Å². The van der Waals surface area contributed by atoms with Crippen molar-refractivity contribution in [1.29, 1.82) is 0 Å². The molecule has 8 nitrogen and oxygen atoms in total. The minimum atomic E-state index is -0.630. The summed E-state index contributed by atoms with van der Waals surface area (Å²) in [5, 5.41) is 21.0. The third-order valence-corrected chi connectivity index (χ3v) is 3.78. The van der Waals surface area contributed by atoms with E-state index in [1.54, 1.807) is 6.20 Å². The minimum Gasteiger partial charge on any atom is -0.395 e. The molecule has 0 fully saturated rings. The fraction of sp³-hybridized carbons (Fsp3) is 0.316. The monoisotopic (exact) mass is 371 g/mol. The summed E-state index contributed by atoms with van der Waals surface area (Å²) < 4.78 is 0. The number of hydroxylamine groups is 1. The summed E-state index contributed by atoms with van der Waals surface area (Å²) in [5.41, 5.74) is 3.21. The van der Waals surface area contributed by atoms with Gasteiger partial charge in [-0.1, -0.05) is 30.3 Å². The molecule has 144 valence electrons. The van der Waals surface area contributed by atoms with E-state index in [4.69, 9.17) is 5.21 Å². The predicted octanol–water partition coefficient (Wildman–Crippen LogP) is 1.29. The van der Waals surface area contributed by atoms with E-state index in [2.05, 4.69) is 32.3 Å². The fourth-order valence-corrected chi connectivity index (χ4v) is 2.60. The Morgan fingerprint density at radius 3 is 2.67 bits per heavy atom. The summed E-state index contributed by atoms with van der Waals surface area (Å²) in [6.07, 6.45) is 5.73. The molecule has 1 amide bonds. The van der Waals surface area contributed by atoms with Gasteiger partial charge in [-0.05, 0) is 18.6 Å². The molecule has 4 N–H and O–H groups in total. The zero-order chi connectivity index (χ0) is 19.5. The molecule has 0 spiro atoms. The number of carbonyl (C=O) groups excluding carboxylic acids is 1. The Bertz CT molecular complexity index is 722. The summed E-state index contributed by atoms with van der Waals surface area (Å²) >= 11 is 0. The van der Waals surface area contributed by atoms with Gasteiger partial charge in [0, 0.05) is 31.8 Å². The molecule has 0 unspecified atom stereocenters. The number of rotatable bonds is 10. The SMILES string of the molecule is C[C@H](CN(CCO)Cc1ccccc1)Nc1cnc(/C=C/C(=O)NO)cn1. The van der Waals surface area contributed by atoms with Crippen LogP contribution >= 0.6 is 0 Å². The van der Waals surface area contributed by atoms with E-state index >= 15 is 0 Å². The van der Waals surface area contributed by atoms with E-state index in [1.165, 1.54) is 23.3 Å². The predicted molar refractivity (Wildman–Crippen MR) is 103 cm³/mol. The number of aromatic nitrogens is 2. The van der Waals surface area contributed by atoms with Crippen molar-refractivity contribution in [3.63, 3.8) is 0 Å². The molecule has 0 aliphatic heterocycles. The molecule has 0 radical (unpaired) electrons. The lowest BCUT2D eigenvalue weighted by atomic mass is 10.2. The number of benzene rings is 1. The van der Waals surface area contributed by atoms with Crippen molar-refractivity contribution in [3.8, 4) is 0 Å². The highest BCUT2D eigenvalue weighted by atomic mass is 16.5. The van der Waals surface area contributed by atoms with E-state index in [0.29, 0.717) is 18.1 Å². The standard InChI is InChI=1S/C19H25N5O3/c1-15(13-24(9-10-25)14-16-5-3-2-4-6-16)22-18-12-20-17(11-21-18)7-8-19(26)23-27/h2-8,11-12,15,25,27H,9-10,13-14H2,1H3,(H,21,22)(H,23,26)/b8-7+/t15-/m1/s1. The van der Waals surface area contributed by atoms with Gasteiger partial charge in [-0.2, -0.15) is 0 Å². The van der Waals surface area contributed by atoms with Crippen molar-refractivity contribution in [2.24, 2.45) is 0 Å². The summed E-state index contributed by atoms with van der Waals surface area (Å²) in [7, 11) is 0. The average Bonchev–Trinajstić information content (AvgIpc) is 2.68. The average molecular weight is 371 g/mol. The Balaban J connectivity index is 1.89. The number of nitrogens with one attached hydrogen (secondary N) is 2. The van der Waals surface area contributed by atoms with Gasteiger partial charge >= 0.3 is 0 Å². The molecule has 0 saturated heterocycles. The van der Waals surface area contributed by atoms with Crippen molar-refractivity contribution < 1.29 is 15.1 Å². The molecule has 2 aromatic rings. The van der Waals surface area contributed by atoms with E-state index in [9.17, 15) is 9.90 Å². The van der Waals surface area contributed by atoms with Crippen molar-refractivity contribution in [2.45, 2.75) is 19.5 Å². The van der Waals surface area contributed by atoms with Crippen LogP contribution in [0.15, 0.2) is 48.8 Å². The summed E-state index contributed by atoms with van der Waals surface area (Å²) in [4.78, 5) is 21.6. The van der Waals surface area contributed by atoms with Crippen LogP contribution in [0.1, 0.15) is 18.2 Å². The number of aliphatic hydroxyl groups is 1. The molecule has 0 bridgehead atoms. The highest BCUT2D eigenvalue weighted by molar-refractivity contribution is 5.90. The first kappa shape index (κ1) is 20.5. The lowest BCUT2D eigenvalue weighted by molar-refractivity contribution is -0.124. The van der Waals surface area contributed by atoms with E-state index in [-0.39, 0.29) is 12.6 Å². The smallest absolute Gasteiger partial charge is 0.267 e. The summed E-state index contributed by atoms with van der Waals surface area (Å²) in [6.45, 7) is 4.21. The zero-order valence-corrected chi connectivity index (χ0v) is 15.2. The molecule has 1 heterocycles. The number of amides is 1. The molecule has 0 aliphatic rings. The molecule has 0 aliphatic carbocycles. The Morgan fingerprint density at radius 2 is 2.04 bits per heavy atom. The van der Waals surface area contributed by atoms with Crippen molar-refractivity contribution >= 4 is 17.8 Å². The number of carbonyl (C=O) groups is 1. The fourth-order valence-electron chi connectivity index (χ4n) is 2.60. The Kier molecular flexibility index (Phi) is 8.37. The Morgan fingerprint density at radius 1 is 1.26 bits per heavy atom. The quantitative estimate of drug-likeness (QED) is 0.283. The molecule has 8 heteroatoms. The number of hydrogen-bond donors (Lipinski definition) is 4. The van der Waals surface area contributed by atoms with Gasteiger partial charge in [0.05, 0.1) is 24.7 Å². The van der Waals surface area contributed by atoms with Crippen LogP contribution in [0.2, 0.25) is 0 Å². The van der Waals surface area contributed by atoms with Crippen LogP contribution in [0.25, 0.3) is 6.08 Å². The lowest BCUT2D eigenvalue weighted by Gasteiger charge is -2.25. The van der Waals surface area contributed by atoms with E-state index in [1.807, 2.05) is 25.1 Å². The van der Waals surface area contributed by atoms with E-state index in [0.717, 1.165) is 19.2 Å². The molecule has 2 rings (SSSR count). The zero-order valence-electron chi connectivity index (χ0n) is 15.2. The highest BCUT2D eigenvalue weighted by Crippen LogP contribution is 2.08. The van der Waals surface area contributed by atoms with Gasteiger partial charge in [-0.15, -0.1) is 0 Å². The second kappa shape index (κ2) is 11.0. The molecule has 1 aromatic heterocycles. The topological polar surface area (TPSA) is 111 Å². The van der Waals surface area contributed by atoms with Crippen LogP contribution in [0.4, 0.5) is 5.82 Å². The molecule has 1 atom stereocenters. The van der Waals surface area contributed by atoms with Crippen LogP contribution in [-0.4, -0.2) is 56.8 Å². The third kappa shape index (κ3) is 7.53. The molecule has 0 saturated carbocycles. The molecular formula is C19H25N5O3. The van der Waals surface area contributed by atoms with Crippen molar-refractivity contribution in [2.75, 3.05) is 25.0 Å². The third-order valence-electron chi connectivity index (χ3n) is 3.78. The maximum absolute atomic E-state index is 11.0. The van der Waals surface area contributed by atoms with Crippen LogP contribution in [0, 0.1) is 0 Å². The number of anilines is 1. The first-order valence-corrected chi connectivity index (χ1v) is 8.68. The van der Waals surface area contributed by atoms with Gasteiger partial charge in [0.15, 0.2) is 0 Å². The second-order valence-corrected chi connectivity index (χ2v) is 6.13. The van der Waals surface area contributed by atoms with Crippen molar-refractivity contribution in [3.05, 3.63) is 60.1 Å². The molecular weight excluding hydrogens is 346 g/mol. The van der Waals surface area contributed by atoms with Crippen LogP contribution in [0.3, 0.4) is 0 Å². The van der Waals surface area contributed by atoms with Crippen LogP contribution < -0.4 is 10.8 Å². The van der Waals surface area contributed by atoms with Crippen molar-refractivity contribution in [1.82, 2.24) is 20.3 Å². The molecule has 1 aromatic carbocycles. The first-order valence-electron chi connectivity index (χ1n) is 8.68. The van der Waals surface area contributed by atoms with Gasteiger partial charge in [-0.25, -0.2) is 10.5 Å². The molecule has 27 heavy (non-hydrogen) atoms. The number of hydrogen-bond acceptors (Lipinski definition) is 7. The maximum Gasteiger partial charge on any atom is 0.267 e. The van der Waals surface area contributed by atoms with Gasteiger partial charge in [0.1, 0.15) is 5.82 Å². The van der Waals surface area contributed by atoms with E-state index < -0.39 is 5.91 Å². The second-order valence-electron chi connectivity index (χ2n) is 6.13. The summed E-state index contributed by atoms with van der Waals surface area (Å²) in [6, 6.07) is 10.2. The Labute approximate surface area is 158 Å². The first-order chi connectivity index (χ1) is 13.1. The maximum atomic E-state index is 11.0. The number of nitrogens with zero attached hydrogens (tertiary/aromatic N) is 3. The van der Waals surface area contributed by atoms with Crippen LogP contribution in [0.5, 0.6) is 0 Å². The number of aliphatic hydroxyl groups excluding tert-OH is 1. The summed E-state index contributed by atoms with van der Waals surface area (Å²) in [5.74, 6) is -0.00932. The van der Waals surface area contributed by atoms with Gasteiger partial charge in [0.2, 0.25) is 0 Å². The van der Waals surface area contributed by atoms with Gasteiger partial charge < -0.3 is 10.4 Å². The lowest BCUT2D eigenvalue weighted by Crippen LogP contribution is -2.36. The normalized spacial score (nSPS) is 12.3. The van der Waals surface area contributed by atoms with Gasteiger partial charge in [-0.3, -0.25) is 19.9 Å².